The number of carbonyl (C=O) groups is 2. The molecule has 1 aliphatic heterocycles. The summed E-state index contributed by atoms with van der Waals surface area (Å²) in [7, 11) is 0. The fourth-order valence-electron chi connectivity index (χ4n) is 2.59. The molecule has 0 atom stereocenters. The molecule has 1 aliphatic rings. The molecule has 0 radical (unpaired) electrons. The van der Waals surface area contributed by atoms with E-state index < -0.39 is 0 Å². The van der Waals surface area contributed by atoms with Gasteiger partial charge in [-0.05, 0) is 49.0 Å². The van der Waals surface area contributed by atoms with Crippen molar-refractivity contribution in [2.75, 3.05) is 11.4 Å². The lowest BCUT2D eigenvalue weighted by Gasteiger charge is -2.17. The van der Waals surface area contributed by atoms with E-state index in [-0.39, 0.29) is 11.8 Å². The minimum atomic E-state index is -0.216. The molecular formula is C20H17Cl2N3O2S. The zero-order valence-electron chi connectivity index (χ0n) is 15.2. The summed E-state index contributed by atoms with van der Waals surface area (Å²) in [4.78, 5) is 32.9. The average Bonchev–Trinajstić information content (AvgIpc) is 2.97. The molecule has 0 aromatic heterocycles. The number of aliphatic imine (C=N–C) groups is 1. The van der Waals surface area contributed by atoms with Crippen molar-refractivity contribution in [2.45, 2.75) is 13.8 Å². The third-order valence-corrected chi connectivity index (χ3v) is 5.50. The second kappa shape index (κ2) is 8.82. The first-order chi connectivity index (χ1) is 13.4. The van der Waals surface area contributed by atoms with Crippen LogP contribution in [0.15, 0.2) is 64.6 Å². The summed E-state index contributed by atoms with van der Waals surface area (Å²) in [5.41, 5.74) is 1.16. The van der Waals surface area contributed by atoms with Crippen LogP contribution in [0.4, 0.5) is 11.4 Å². The lowest BCUT2D eigenvalue weighted by atomic mass is 10.3. The molecule has 2 aromatic carbocycles. The van der Waals surface area contributed by atoms with Gasteiger partial charge in [-0.25, -0.2) is 4.99 Å². The maximum atomic E-state index is 12.8. The SMILES string of the molecule is CCN1C(=O)C(=CN(C(C)=O)c2ccccc2)SC1=Nc1cc(Cl)ccc1Cl. The molecule has 8 heteroatoms. The number of para-hydroxylation sites is 1. The molecule has 0 aliphatic carbocycles. The number of amides is 2. The zero-order chi connectivity index (χ0) is 20.3. The van der Waals surface area contributed by atoms with Gasteiger partial charge in [0.25, 0.3) is 5.91 Å². The number of likely N-dealkylation sites (N-methyl/N-ethyl adjacent to an activating group) is 1. The Labute approximate surface area is 177 Å². The largest absolute Gasteiger partial charge is 0.287 e. The van der Waals surface area contributed by atoms with Crippen LogP contribution in [0.1, 0.15) is 13.8 Å². The van der Waals surface area contributed by atoms with Gasteiger partial charge in [-0.15, -0.1) is 0 Å². The number of hydrogen-bond acceptors (Lipinski definition) is 4. The van der Waals surface area contributed by atoms with Crippen LogP contribution in [0.25, 0.3) is 0 Å². The van der Waals surface area contributed by atoms with E-state index in [0.717, 1.165) is 0 Å². The molecule has 0 unspecified atom stereocenters. The van der Waals surface area contributed by atoms with E-state index in [1.807, 2.05) is 25.1 Å². The maximum absolute atomic E-state index is 12.8. The number of hydrogen-bond donors (Lipinski definition) is 0. The topological polar surface area (TPSA) is 53.0 Å². The Bertz CT molecular complexity index is 977. The summed E-state index contributed by atoms with van der Waals surface area (Å²) in [6.45, 7) is 3.74. The van der Waals surface area contributed by atoms with Crippen molar-refractivity contribution in [1.29, 1.82) is 0 Å². The summed E-state index contributed by atoms with van der Waals surface area (Å²) < 4.78 is 0. The smallest absolute Gasteiger partial charge is 0.268 e. The first-order valence-electron chi connectivity index (χ1n) is 8.51. The van der Waals surface area contributed by atoms with E-state index in [0.29, 0.717) is 38.0 Å². The van der Waals surface area contributed by atoms with Gasteiger partial charge in [0.15, 0.2) is 5.17 Å². The maximum Gasteiger partial charge on any atom is 0.268 e. The Balaban J connectivity index is 1.99. The highest BCUT2D eigenvalue weighted by atomic mass is 35.5. The molecule has 0 N–H and O–H groups in total. The van der Waals surface area contributed by atoms with Gasteiger partial charge in [-0.3, -0.25) is 19.4 Å². The Hall–Kier alpha value is -2.28. The number of anilines is 1. The van der Waals surface area contributed by atoms with Crippen LogP contribution in [0.2, 0.25) is 10.0 Å². The molecular weight excluding hydrogens is 417 g/mol. The highest BCUT2D eigenvalue weighted by Crippen LogP contribution is 2.36. The highest BCUT2D eigenvalue weighted by molar-refractivity contribution is 8.18. The zero-order valence-corrected chi connectivity index (χ0v) is 17.6. The van der Waals surface area contributed by atoms with Crippen molar-refractivity contribution in [1.82, 2.24) is 4.90 Å². The van der Waals surface area contributed by atoms with Crippen LogP contribution < -0.4 is 4.90 Å². The fourth-order valence-corrected chi connectivity index (χ4v) is 3.93. The highest BCUT2D eigenvalue weighted by Gasteiger charge is 2.33. The summed E-state index contributed by atoms with van der Waals surface area (Å²) in [6, 6.07) is 14.1. The number of halogens is 2. The molecule has 0 saturated carbocycles. The van der Waals surface area contributed by atoms with Gasteiger partial charge in [0.2, 0.25) is 5.91 Å². The minimum Gasteiger partial charge on any atom is -0.287 e. The summed E-state index contributed by atoms with van der Waals surface area (Å²) in [5, 5.41) is 1.43. The summed E-state index contributed by atoms with van der Waals surface area (Å²) in [5.74, 6) is -0.412. The fraction of sp³-hybridized carbons (Fsp3) is 0.150. The van der Waals surface area contributed by atoms with Crippen molar-refractivity contribution in [2.24, 2.45) is 4.99 Å². The molecule has 1 heterocycles. The first kappa shape index (κ1) is 20.5. The summed E-state index contributed by atoms with van der Waals surface area (Å²) in [6.07, 6.45) is 1.55. The van der Waals surface area contributed by atoms with Crippen LogP contribution in [0, 0.1) is 0 Å². The van der Waals surface area contributed by atoms with Gasteiger partial charge in [-0.1, -0.05) is 41.4 Å². The van der Waals surface area contributed by atoms with Gasteiger partial charge in [0.05, 0.1) is 15.6 Å². The van der Waals surface area contributed by atoms with Crippen molar-refractivity contribution in [3.05, 3.63) is 69.7 Å². The number of nitrogens with zero attached hydrogens (tertiary/aromatic N) is 3. The number of thioether (sulfide) groups is 1. The number of rotatable bonds is 4. The number of benzene rings is 2. The van der Waals surface area contributed by atoms with Gasteiger partial charge >= 0.3 is 0 Å². The Kier molecular flexibility index (Phi) is 6.44. The molecule has 1 fully saturated rings. The molecule has 0 spiro atoms. The van der Waals surface area contributed by atoms with E-state index in [1.165, 1.54) is 28.5 Å². The minimum absolute atomic E-state index is 0.196. The monoisotopic (exact) mass is 433 g/mol. The molecule has 0 bridgehead atoms. The van der Waals surface area contributed by atoms with E-state index in [4.69, 9.17) is 23.2 Å². The molecule has 2 aromatic rings. The second-order valence-corrected chi connectivity index (χ2v) is 7.71. The van der Waals surface area contributed by atoms with Crippen LogP contribution in [-0.4, -0.2) is 28.4 Å². The molecule has 5 nitrogen and oxygen atoms in total. The third kappa shape index (κ3) is 4.41. The molecule has 28 heavy (non-hydrogen) atoms. The molecule has 3 rings (SSSR count). The lowest BCUT2D eigenvalue weighted by molar-refractivity contribution is -0.122. The van der Waals surface area contributed by atoms with Gasteiger partial charge in [0.1, 0.15) is 0 Å². The second-order valence-electron chi connectivity index (χ2n) is 5.86. The van der Waals surface area contributed by atoms with Crippen molar-refractivity contribution in [3.8, 4) is 0 Å². The molecule has 144 valence electrons. The Morgan fingerprint density at radius 3 is 2.57 bits per heavy atom. The van der Waals surface area contributed by atoms with E-state index in [2.05, 4.69) is 4.99 Å². The van der Waals surface area contributed by atoms with Crippen LogP contribution in [0.5, 0.6) is 0 Å². The van der Waals surface area contributed by atoms with E-state index in [1.54, 1.807) is 36.5 Å². The van der Waals surface area contributed by atoms with Crippen LogP contribution >= 0.6 is 35.0 Å². The molecule has 2 amide bonds. The van der Waals surface area contributed by atoms with E-state index in [9.17, 15) is 9.59 Å². The van der Waals surface area contributed by atoms with Gasteiger partial charge in [0, 0.05) is 30.4 Å². The standard InChI is InChI=1S/C20H17Cl2N3O2S/c1-3-24-19(27)18(12-25(13(2)26)15-7-5-4-6-8-15)28-20(24)23-17-11-14(21)9-10-16(17)22/h4-12H,3H2,1-2H3. The van der Waals surface area contributed by atoms with E-state index >= 15 is 0 Å². The van der Waals surface area contributed by atoms with Crippen molar-refractivity contribution >= 4 is 63.3 Å². The Morgan fingerprint density at radius 2 is 1.93 bits per heavy atom. The predicted octanol–water partition coefficient (Wildman–Crippen LogP) is 5.47. The lowest BCUT2D eigenvalue weighted by Crippen LogP contribution is -2.29. The van der Waals surface area contributed by atoms with Crippen LogP contribution in [-0.2, 0) is 9.59 Å². The average molecular weight is 434 g/mol. The Morgan fingerprint density at radius 1 is 1.21 bits per heavy atom. The summed E-state index contributed by atoms with van der Waals surface area (Å²) >= 11 is 13.4. The predicted molar refractivity (Wildman–Crippen MR) is 116 cm³/mol. The van der Waals surface area contributed by atoms with Crippen LogP contribution in [0.3, 0.4) is 0 Å². The van der Waals surface area contributed by atoms with Gasteiger partial charge < -0.3 is 0 Å². The number of carbonyl (C=O) groups excluding carboxylic acids is 2. The van der Waals surface area contributed by atoms with Crippen molar-refractivity contribution in [3.63, 3.8) is 0 Å². The third-order valence-electron chi connectivity index (χ3n) is 3.95. The van der Waals surface area contributed by atoms with Gasteiger partial charge in [-0.2, -0.15) is 0 Å². The first-order valence-corrected chi connectivity index (χ1v) is 10.1. The van der Waals surface area contributed by atoms with Crippen molar-refractivity contribution < 1.29 is 9.59 Å². The normalized spacial score (nSPS) is 16.9. The quantitative estimate of drug-likeness (QED) is 0.600. The molecule has 1 saturated heterocycles. The number of amidine groups is 1.